The molecular formula is C13H23N3. The lowest BCUT2D eigenvalue weighted by molar-refractivity contribution is 0.359. The predicted molar refractivity (Wildman–Crippen MR) is 66.3 cm³/mol. The average molecular weight is 221 g/mol. The van der Waals surface area contributed by atoms with E-state index >= 15 is 0 Å². The van der Waals surface area contributed by atoms with Gasteiger partial charge in [-0.15, -0.1) is 0 Å². The molecule has 1 aliphatic carbocycles. The number of nitrogens with one attached hydrogen (secondary N) is 1. The van der Waals surface area contributed by atoms with Crippen LogP contribution in [0.2, 0.25) is 0 Å². The fourth-order valence-corrected chi connectivity index (χ4v) is 2.03. The van der Waals surface area contributed by atoms with Crippen LogP contribution in [0.15, 0.2) is 12.4 Å². The molecule has 3 nitrogen and oxygen atoms in total. The highest BCUT2D eigenvalue weighted by Gasteiger charge is 2.23. The van der Waals surface area contributed by atoms with Gasteiger partial charge >= 0.3 is 0 Å². The Kier molecular flexibility index (Phi) is 3.64. The van der Waals surface area contributed by atoms with Crippen molar-refractivity contribution < 1.29 is 0 Å². The van der Waals surface area contributed by atoms with Crippen LogP contribution in [-0.4, -0.2) is 22.4 Å². The molecule has 3 heteroatoms. The van der Waals surface area contributed by atoms with Crippen molar-refractivity contribution in [3.05, 3.63) is 18.0 Å². The number of aryl methyl sites for hydroxylation is 1. The van der Waals surface area contributed by atoms with Crippen molar-refractivity contribution in [1.82, 2.24) is 15.1 Å². The second-order valence-electron chi connectivity index (χ2n) is 5.41. The summed E-state index contributed by atoms with van der Waals surface area (Å²) in [7, 11) is 1.98. The van der Waals surface area contributed by atoms with Crippen LogP contribution in [0, 0.1) is 11.8 Å². The van der Waals surface area contributed by atoms with Gasteiger partial charge in [-0.1, -0.05) is 13.8 Å². The third-order valence-electron chi connectivity index (χ3n) is 3.45. The van der Waals surface area contributed by atoms with Gasteiger partial charge in [0.2, 0.25) is 0 Å². The molecule has 0 aromatic carbocycles. The second kappa shape index (κ2) is 5.00. The van der Waals surface area contributed by atoms with E-state index in [-0.39, 0.29) is 0 Å². The van der Waals surface area contributed by atoms with Gasteiger partial charge in [0.25, 0.3) is 0 Å². The van der Waals surface area contributed by atoms with E-state index in [2.05, 4.69) is 30.5 Å². The molecule has 16 heavy (non-hydrogen) atoms. The standard InChI is InChI=1S/C13H23N3/c1-10(2)12(8-14-13-4-5-13)6-11-7-15-16(3)9-11/h7,9-10,12-14H,4-6,8H2,1-3H3. The molecule has 1 aromatic heterocycles. The van der Waals surface area contributed by atoms with E-state index in [1.165, 1.54) is 18.4 Å². The smallest absolute Gasteiger partial charge is 0.0521 e. The first-order chi connectivity index (χ1) is 7.65. The first-order valence-corrected chi connectivity index (χ1v) is 6.36. The Morgan fingerprint density at radius 1 is 1.50 bits per heavy atom. The minimum absolute atomic E-state index is 0.727. The minimum atomic E-state index is 0.727. The fraction of sp³-hybridized carbons (Fsp3) is 0.769. The lowest BCUT2D eigenvalue weighted by atomic mass is 9.90. The lowest BCUT2D eigenvalue weighted by Crippen LogP contribution is -2.29. The summed E-state index contributed by atoms with van der Waals surface area (Å²) in [5, 5.41) is 7.87. The van der Waals surface area contributed by atoms with Crippen LogP contribution in [0.5, 0.6) is 0 Å². The maximum absolute atomic E-state index is 4.23. The molecule has 0 spiro atoms. The van der Waals surface area contributed by atoms with Gasteiger partial charge in [-0.05, 0) is 43.2 Å². The summed E-state index contributed by atoms with van der Waals surface area (Å²) >= 11 is 0. The van der Waals surface area contributed by atoms with E-state index in [4.69, 9.17) is 0 Å². The SMILES string of the molecule is CC(C)C(CNC1CC1)Cc1cnn(C)c1. The Labute approximate surface area is 98.2 Å². The minimum Gasteiger partial charge on any atom is -0.314 e. The monoisotopic (exact) mass is 221 g/mol. The molecule has 0 radical (unpaired) electrons. The van der Waals surface area contributed by atoms with Crippen molar-refractivity contribution in [2.75, 3.05) is 6.54 Å². The Morgan fingerprint density at radius 3 is 2.75 bits per heavy atom. The summed E-state index contributed by atoms with van der Waals surface area (Å²) in [6, 6.07) is 0.815. The highest BCUT2D eigenvalue weighted by atomic mass is 15.2. The van der Waals surface area contributed by atoms with Crippen molar-refractivity contribution in [3.63, 3.8) is 0 Å². The van der Waals surface area contributed by atoms with E-state index in [9.17, 15) is 0 Å². The van der Waals surface area contributed by atoms with Crippen LogP contribution in [-0.2, 0) is 13.5 Å². The molecule has 1 N–H and O–H groups in total. The van der Waals surface area contributed by atoms with E-state index in [1.54, 1.807) is 0 Å². The van der Waals surface area contributed by atoms with Crippen molar-refractivity contribution in [3.8, 4) is 0 Å². The highest BCUT2D eigenvalue weighted by Crippen LogP contribution is 2.21. The highest BCUT2D eigenvalue weighted by molar-refractivity contribution is 5.05. The number of aromatic nitrogens is 2. The molecule has 1 unspecified atom stereocenters. The van der Waals surface area contributed by atoms with Crippen LogP contribution in [0.25, 0.3) is 0 Å². The molecule has 90 valence electrons. The first-order valence-electron chi connectivity index (χ1n) is 6.36. The third-order valence-corrected chi connectivity index (χ3v) is 3.45. The van der Waals surface area contributed by atoms with Crippen LogP contribution < -0.4 is 5.32 Å². The molecular weight excluding hydrogens is 198 g/mol. The summed E-state index contributed by atoms with van der Waals surface area (Å²) in [5.74, 6) is 1.45. The van der Waals surface area contributed by atoms with Crippen molar-refractivity contribution in [2.45, 2.75) is 39.2 Å². The number of nitrogens with zero attached hydrogens (tertiary/aromatic N) is 2. The normalized spacial score (nSPS) is 18.0. The quantitative estimate of drug-likeness (QED) is 0.796. The van der Waals surface area contributed by atoms with E-state index in [0.717, 1.165) is 30.8 Å². The molecule has 2 rings (SSSR count). The maximum Gasteiger partial charge on any atom is 0.0521 e. The van der Waals surface area contributed by atoms with Crippen LogP contribution in [0.3, 0.4) is 0 Å². The maximum atomic E-state index is 4.23. The molecule has 1 heterocycles. The van der Waals surface area contributed by atoms with Crippen LogP contribution in [0.4, 0.5) is 0 Å². The molecule has 1 aliphatic rings. The van der Waals surface area contributed by atoms with E-state index < -0.39 is 0 Å². The molecule has 0 amide bonds. The van der Waals surface area contributed by atoms with Gasteiger partial charge < -0.3 is 5.32 Å². The van der Waals surface area contributed by atoms with Gasteiger partial charge in [0.15, 0.2) is 0 Å². The van der Waals surface area contributed by atoms with Gasteiger partial charge in [0.05, 0.1) is 6.20 Å². The molecule has 1 aromatic rings. The Morgan fingerprint density at radius 2 is 2.25 bits per heavy atom. The number of rotatable bonds is 6. The summed E-state index contributed by atoms with van der Waals surface area (Å²) in [4.78, 5) is 0. The fourth-order valence-electron chi connectivity index (χ4n) is 2.03. The number of hydrogen-bond acceptors (Lipinski definition) is 2. The Balaban J connectivity index is 1.85. The molecule has 0 saturated heterocycles. The van der Waals surface area contributed by atoms with Crippen molar-refractivity contribution in [2.24, 2.45) is 18.9 Å². The van der Waals surface area contributed by atoms with Crippen molar-refractivity contribution in [1.29, 1.82) is 0 Å². The summed E-state index contributed by atoms with van der Waals surface area (Å²) in [5.41, 5.74) is 1.36. The Bertz CT molecular complexity index is 326. The molecule has 1 saturated carbocycles. The summed E-state index contributed by atoms with van der Waals surface area (Å²) in [6.07, 6.45) is 8.01. The second-order valence-corrected chi connectivity index (χ2v) is 5.41. The van der Waals surface area contributed by atoms with Crippen LogP contribution in [0.1, 0.15) is 32.3 Å². The Hall–Kier alpha value is -0.830. The van der Waals surface area contributed by atoms with Crippen molar-refractivity contribution >= 4 is 0 Å². The molecule has 0 aliphatic heterocycles. The topological polar surface area (TPSA) is 29.9 Å². The lowest BCUT2D eigenvalue weighted by Gasteiger charge is -2.20. The van der Waals surface area contributed by atoms with Crippen LogP contribution >= 0.6 is 0 Å². The zero-order valence-corrected chi connectivity index (χ0v) is 10.6. The molecule has 1 fully saturated rings. The van der Waals surface area contributed by atoms with Gasteiger partial charge in [-0.2, -0.15) is 5.10 Å². The predicted octanol–water partition coefficient (Wildman–Crippen LogP) is 1.99. The van der Waals surface area contributed by atoms with Gasteiger partial charge in [-0.25, -0.2) is 0 Å². The number of hydrogen-bond donors (Lipinski definition) is 1. The van der Waals surface area contributed by atoms with Gasteiger partial charge in [0, 0.05) is 19.3 Å². The average Bonchev–Trinajstić information content (AvgIpc) is 2.96. The molecule has 1 atom stereocenters. The van der Waals surface area contributed by atoms with Gasteiger partial charge in [0.1, 0.15) is 0 Å². The first kappa shape index (κ1) is 11.6. The summed E-state index contributed by atoms with van der Waals surface area (Å²) in [6.45, 7) is 5.78. The van der Waals surface area contributed by atoms with E-state index in [0.29, 0.717) is 0 Å². The van der Waals surface area contributed by atoms with E-state index in [1.807, 2.05) is 17.9 Å². The largest absolute Gasteiger partial charge is 0.314 e. The molecule has 0 bridgehead atoms. The van der Waals surface area contributed by atoms with Gasteiger partial charge in [-0.3, -0.25) is 4.68 Å². The zero-order chi connectivity index (χ0) is 11.5. The third kappa shape index (κ3) is 3.34. The zero-order valence-electron chi connectivity index (χ0n) is 10.6. The summed E-state index contributed by atoms with van der Waals surface area (Å²) < 4.78 is 1.89.